The summed E-state index contributed by atoms with van der Waals surface area (Å²) in [6.45, 7) is 1.98. The van der Waals surface area contributed by atoms with E-state index in [0.29, 0.717) is 5.88 Å². The van der Waals surface area contributed by atoms with Gasteiger partial charge in [0.05, 0.1) is 16.1 Å². The summed E-state index contributed by atoms with van der Waals surface area (Å²) in [6, 6.07) is 0. The molecule has 3 nitrogen and oxygen atoms in total. The number of aryl methyl sites for hydroxylation is 2. The van der Waals surface area contributed by atoms with Gasteiger partial charge in [-0.05, 0) is 6.92 Å². The van der Waals surface area contributed by atoms with Crippen molar-refractivity contribution in [2.45, 2.75) is 13.3 Å². The first-order chi connectivity index (χ1) is 6.81. The third kappa shape index (κ3) is 1.94. The smallest absolute Gasteiger partial charge is 0.159 e. The van der Waals surface area contributed by atoms with Crippen molar-refractivity contribution in [2.75, 3.05) is 5.88 Å². The Bertz CT molecular complexity index is 424. The molecule has 0 aliphatic carbocycles. The molecule has 0 radical (unpaired) electrons. The van der Waals surface area contributed by atoms with Gasteiger partial charge in [0.25, 0.3) is 0 Å². The van der Waals surface area contributed by atoms with Crippen LogP contribution in [0.4, 0.5) is 0 Å². The molecule has 2 aromatic heterocycles. The van der Waals surface area contributed by atoms with E-state index in [2.05, 4.69) is 15.2 Å². The number of thiazole rings is 1. The van der Waals surface area contributed by atoms with Crippen LogP contribution in [0.5, 0.6) is 0 Å². The molecule has 0 fully saturated rings. The molecule has 0 saturated heterocycles. The highest BCUT2D eigenvalue weighted by Crippen LogP contribution is 2.29. The van der Waals surface area contributed by atoms with Gasteiger partial charge in [0.15, 0.2) is 5.01 Å². The summed E-state index contributed by atoms with van der Waals surface area (Å²) in [4.78, 5) is 5.29. The summed E-state index contributed by atoms with van der Waals surface area (Å²) >= 11 is 8.82. The van der Waals surface area contributed by atoms with Gasteiger partial charge in [-0.25, -0.2) is 4.98 Å². The fourth-order valence-corrected chi connectivity index (χ4v) is 3.11. The molecule has 0 aromatic carbocycles. The fourth-order valence-electron chi connectivity index (χ4n) is 1.03. The van der Waals surface area contributed by atoms with Crippen molar-refractivity contribution in [3.05, 3.63) is 16.2 Å². The van der Waals surface area contributed by atoms with Crippen LogP contribution in [0.15, 0.2) is 5.51 Å². The summed E-state index contributed by atoms with van der Waals surface area (Å²) in [5.41, 5.74) is 2.84. The predicted molar refractivity (Wildman–Crippen MR) is 60.2 cm³/mol. The highest BCUT2D eigenvalue weighted by molar-refractivity contribution is 7.20. The van der Waals surface area contributed by atoms with Gasteiger partial charge in [-0.15, -0.1) is 33.1 Å². The first-order valence-corrected chi connectivity index (χ1v) is 6.33. The van der Waals surface area contributed by atoms with E-state index in [1.54, 1.807) is 22.7 Å². The van der Waals surface area contributed by atoms with E-state index in [1.807, 2.05) is 12.4 Å². The lowest BCUT2D eigenvalue weighted by Crippen LogP contribution is -1.82. The summed E-state index contributed by atoms with van der Waals surface area (Å²) in [5.74, 6) is 0.594. The molecule has 2 rings (SSSR count). The van der Waals surface area contributed by atoms with Gasteiger partial charge in [0.2, 0.25) is 0 Å². The zero-order chi connectivity index (χ0) is 9.97. The number of alkyl halides is 1. The van der Waals surface area contributed by atoms with E-state index < -0.39 is 0 Å². The molecule has 74 valence electrons. The van der Waals surface area contributed by atoms with E-state index in [4.69, 9.17) is 11.6 Å². The minimum atomic E-state index is 0.594. The molecule has 0 unspecified atom stereocenters. The number of rotatable bonds is 3. The standard InChI is InChI=1S/C8H8ClN3S2/c1-5-7(13-4-10-5)8-12-11-6(14-8)2-3-9/h4H,2-3H2,1H3. The number of nitrogens with zero attached hydrogens (tertiary/aromatic N) is 3. The fraction of sp³-hybridized carbons (Fsp3) is 0.375. The van der Waals surface area contributed by atoms with Crippen molar-refractivity contribution >= 4 is 34.3 Å². The van der Waals surface area contributed by atoms with Crippen LogP contribution >= 0.6 is 34.3 Å². The van der Waals surface area contributed by atoms with Gasteiger partial charge in [-0.1, -0.05) is 11.3 Å². The molecule has 0 amide bonds. The average Bonchev–Trinajstić information content (AvgIpc) is 2.74. The summed E-state index contributed by atoms with van der Waals surface area (Å²) in [5, 5.41) is 10.1. The molecular weight excluding hydrogens is 238 g/mol. The Balaban J connectivity index is 2.29. The zero-order valence-electron chi connectivity index (χ0n) is 7.53. The molecule has 0 aliphatic heterocycles. The Kier molecular flexibility index (Phi) is 3.10. The van der Waals surface area contributed by atoms with Crippen LogP contribution in [-0.2, 0) is 6.42 Å². The summed E-state index contributed by atoms with van der Waals surface area (Å²) in [6.07, 6.45) is 0.789. The average molecular weight is 246 g/mol. The molecule has 0 spiro atoms. The molecule has 2 heterocycles. The quantitative estimate of drug-likeness (QED) is 0.781. The highest BCUT2D eigenvalue weighted by atomic mass is 35.5. The monoisotopic (exact) mass is 245 g/mol. The van der Waals surface area contributed by atoms with Crippen LogP contribution in [-0.4, -0.2) is 21.1 Å². The lowest BCUT2D eigenvalue weighted by molar-refractivity contribution is 0.990. The first kappa shape index (κ1) is 10.0. The lowest BCUT2D eigenvalue weighted by Gasteiger charge is -1.88. The Morgan fingerprint density at radius 3 is 2.93 bits per heavy atom. The van der Waals surface area contributed by atoms with Crippen LogP contribution in [0, 0.1) is 6.92 Å². The molecule has 0 saturated carbocycles. The summed E-state index contributed by atoms with van der Waals surface area (Å²) < 4.78 is 0. The van der Waals surface area contributed by atoms with Crippen LogP contribution < -0.4 is 0 Å². The van der Waals surface area contributed by atoms with E-state index in [-0.39, 0.29) is 0 Å². The van der Waals surface area contributed by atoms with Gasteiger partial charge < -0.3 is 0 Å². The summed E-state index contributed by atoms with van der Waals surface area (Å²) in [7, 11) is 0. The molecule has 2 aromatic rings. The molecule has 14 heavy (non-hydrogen) atoms. The van der Waals surface area contributed by atoms with Gasteiger partial charge in [0, 0.05) is 12.3 Å². The molecule has 0 N–H and O–H groups in total. The van der Waals surface area contributed by atoms with Crippen molar-refractivity contribution in [3.63, 3.8) is 0 Å². The Hall–Kier alpha value is -0.520. The minimum absolute atomic E-state index is 0.594. The maximum absolute atomic E-state index is 5.63. The maximum atomic E-state index is 5.63. The van der Waals surface area contributed by atoms with Crippen LogP contribution in [0.25, 0.3) is 9.88 Å². The Morgan fingerprint density at radius 1 is 1.43 bits per heavy atom. The van der Waals surface area contributed by atoms with E-state index in [1.165, 1.54) is 0 Å². The number of aromatic nitrogens is 3. The van der Waals surface area contributed by atoms with E-state index >= 15 is 0 Å². The van der Waals surface area contributed by atoms with Crippen molar-refractivity contribution < 1.29 is 0 Å². The normalized spacial score (nSPS) is 10.7. The van der Waals surface area contributed by atoms with Gasteiger partial charge in [-0.2, -0.15) is 0 Å². The van der Waals surface area contributed by atoms with Crippen LogP contribution in [0.2, 0.25) is 0 Å². The zero-order valence-corrected chi connectivity index (χ0v) is 9.92. The minimum Gasteiger partial charge on any atom is -0.249 e. The van der Waals surface area contributed by atoms with Crippen LogP contribution in [0.3, 0.4) is 0 Å². The maximum Gasteiger partial charge on any atom is 0.159 e. The third-order valence-corrected chi connectivity index (χ3v) is 3.97. The second kappa shape index (κ2) is 4.33. The number of halogens is 1. The molecule has 0 aliphatic rings. The molecular formula is C8H8ClN3S2. The SMILES string of the molecule is Cc1ncsc1-c1nnc(CCCl)s1. The van der Waals surface area contributed by atoms with Crippen LogP contribution in [0.1, 0.15) is 10.7 Å². The second-order valence-electron chi connectivity index (χ2n) is 2.71. The molecule has 6 heteroatoms. The molecule has 0 bridgehead atoms. The van der Waals surface area contributed by atoms with Gasteiger partial charge >= 0.3 is 0 Å². The lowest BCUT2D eigenvalue weighted by atomic mass is 10.4. The van der Waals surface area contributed by atoms with Gasteiger partial charge in [-0.3, -0.25) is 0 Å². The largest absolute Gasteiger partial charge is 0.249 e. The van der Waals surface area contributed by atoms with Gasteiger partial charge in [0.1, 0.15) is 5.01 Å². The van der Waals surface area contributed by atoms with E-state index in [0.717, 1.165) is 27.0 Å². The number of hydrogen-bond donors (Lipinski definition) is 0. The Labute approximate surface area is 94.8 Å². The first-order valence-electron chi connectivity index (χ1n) is 4.10. The number of hydrogen-bond acceptors (Lipinski definition) is 5. The van der Waals surface area contributed by atoms with Crippen molar-refractivity contribution in [1.29, 1.82) is 0 Å². The highest BCUT2D eigenvalue weighted by Gasteiger charge is 2.10. The third-order valence-electron chi connectivity index (χ3n) is 1.71. The van der Waals surface area contributed by atoms with Crippen molar-refractivity contribution in [3.8, 4) is 9.88 Å². The van der Waals surface area contributed by atoms with Crippen molar-refractivity contribution in [1.82, 2.24) is 15.2 Å². The second-order valence-corrected chi connectivity index (χ2v) is 5.00. The topological polar surface area (TPSA) is 38.7 Å². The Morgan fingerprint density at radius 2 is 2.29 bits per heavy atom. The van der Waals surface area contributed by atoms with Crippen molar-refractivity contribution in [2.24, 2.45) is 0 Å². The predicted octanol–water partition coefficient (Wildman–Crippen LogP) is 2.75. The van der Waals surface area contributed by atoms with E-state index in [9.17, 15) is 0 Å². The molecule has 0 atom stereocenters.